The number of nitrogens with two attached hydrogens (primary N) is 1. The van der Waals surface area contributed by atoms with E-state index in [2.05, 4.69) is 20.3 Å². The van der Waals surface area contributed by atoms with Gasteiger partial charge in [-0.2, -0.15) is 0 Å². The van der Waals surface area contributed by atoms with Crippen LogP contribution in [0.3, 0.4) is 0 Å². The molecule has 0 amide bonds. The van der Waals surface area contributed by atoms with Crippen molar-refractivity contribution in [1.29, 1.82) is 0 Å². The smallest absolute Gasteiger partial charge is 0.181 e. The number of methoxy groups -OCH3 is 1. The summed E-state index contributed by atoms with van der Waals surface area (Å²) in [6.45, 7) is 0. The Hall–Kier alpha value is -3.45. The summed E-state index contributed by atoms with van der Waals surface area (Å²) >= 11 is 1.44. The van der Waals surface area contributed by atoms with Gasteiger partial charge in [0.1, 0.15) is 17.3 Å². The van der Waals surface area contributed by atoms with Crippen LogP contribution >= 0.6 is 11.3 Å². The minimum absolute atomic E-state index is 0.507. The van der Waals surface area contributed by atoms with E-state index in [0.29, 0.717) is 5.13 Å². The topological polar surface area (TPSA) is 86.0 Å². The van der Waals surface area contributed by atoms with Crippen molar-refractivity contribution in [3.63, 3.8) is 0 Å². The van der Waals surface area contributed by atoms with Crippen molar-refractivity contribution in [3.8, 4) is 27.6 Å². The van der Waals surface area contributed by atoms with Gasteiger partial charge in [-0.25, -0.2) is 9.97 Å². The van der Waals surface area contributed by atoms with E-state index in [4.69, 9.17) is 10.5 Å². The minimum atomic E-state index is 0.507. The van der Waals surface area contributed by atoms with Crippen LogP contribution in [0.4, 0.5) is 16.6 Å². The van der Waals surface area contributed by atoms with Crippen LogP contribution in [-0.4, -0.2) is 22.1 Å². The number of hydrogen-bond donors (Lipinski definition) is 2. The molecule has 3 aromatic heterocycles. The zero-order chi connectivity index (χ0) is 18.6. The number of rotatable bonds is 5. The SMILES string of the molecule is COc1ccc(Nc2cc(-c3sc(N)nc3-c3ccccn3)ccn2)cc1. The van der Waals surface area contributed by atoms with E-state index in [-0.39, 0.29) is 0 Å². The molecule has 0 radical (unpaired) electrons. The Kier molecular flexibility index (Phi) is 4.67. The number of anilines is 3. The van der Waals surface area contributed by atoms with Gasteiger partial charge >= 0.3 is 0 Å². The first-order chi connectivity index (χ1) is 13.2. The van der Waals surface area contributed by atoms with Crippen molar-refractivity contribution >= 4 is 28.0 Å². The van der Waals surface area contributed by atoms with E-state index in [1.807, 2.05) is 54.6 Å². The van der Waals surface area contributed by atoms with Crippen molar-refractivity contribution in [2.45, 2.75) is 0 Å². The monoisotopic (exact) mass is 375 g/mol. The number of nitrogens with zero attached hydrogens (tertiary/aromatic N) is 3. The Morgan fingerprint density at radius 3 is 2.59 bits per heavy atom. The fourth-order valence-electron chi connectivity index (χ4n) is 2.67. The minimum Gasteiger partial charge on any atom is -0.497 e. The maximum absolute atomic E-state index is 5.98. The second kappa shape index (κ2) is 7.43. The van der Waals surface area contributed by atoms with Gasteiger partial charge in [0.05, 0.1) is 17.7 Å². The molecule has 3 N–H and O–H groups in total. The van der Waals surface area contributed by atoms with Crippen LogP contribution in [0, 0.1) is 0 Å². The van der Waals surface area contributed by atoms with Gasteiger partial charge in [-0.05, 0) is 54.1 Å². The number of aromatic nitrogens is 3. The summed E-state index contributed by atoms with van der Waals surface area (Å²) in [5.74, 6) is 1.54. The van der Waals surface area contributed by atoms with E-state index >= 15 is 0 Å². The van der Waals surface area contributed by atoms with Crippen LogP contribution in [0.25, 0.3) is 21.8 Å². The number of benzene rings is 1. The zero-order valence-corrected chi connectivity index (χ0v) is 15.4. The summed E-state index contributed by atoms with van der Waals surface area (Å²) < 4.78 is 5.19. The number of nitrogen functional groups attached to an aromatic ring is 1. The van der Waals surface area contributed by atoms with Gasteiger partial charge in [0.25, 0.3) is 0 Å². The highest BCUT2D eigenvalue weighted by atomic mass is 32.1. The molecule has 134 valence electrons. The first-order valence-electron chi connectivity index (χ1n) is 8.28. The molecule has 3 heterocycles. The Morgan fingerprint density at radius 1 is 1.00 bits per heavy atom. The van der Waals surface area contributed by atoms with Crippen molar-refractivity contribution in [2.75, 3.05) is 18.2 Å². The second-order valence-electron chi connectivity index (χ2n) is 5.73. The maximum Gasteiger partial charge on any atom is 0.181 e. The standard InChI is InChI=1S/C20H17N5OS/c1-26-15-7-5-14(6-8-15)24-17-12-13(9-11-23-17)19-18(25-20(21)27-19)16-4-2-3-10-22-16/h2-12H,1H3,(H2,21,25)(H,23,24). The quantitative estimate of drug-likeness (QED) is 0.530. The Morgan fingerprint density at radius 2 is 1.85 bits per heavy atom. The van der Waals surface area contributed by atoms with Crippen molar-refractivity contribution in [1.82, 2.24) is 15.0 Å². The van der Waals surface area contributed by atoms with E-state index in [0.717, 1.165) is 39.1 Å². The summed E-state index contributed by atoms with van der Waals surface area (Å²) in [7, 11) is 1.65. The average Bonchev–Trinajstić information content (AvgIpc) is 3.11. The van der Waals surface area contributed by atoms with E-state index in [1.54, 1.807) is 19.5 Å². The van der Waals surface area contributed by atoms with Gasteiger partial charge in [0.2, 0.25) is 0 Å². The molecule has 0 saturated heterocycles. The molecule has 27 heavy (non-hydrogen) atoms. The lowest BCUT2D eigenvalue weighted by Crippen LogP contribution is -1.94. The Balaban J connectivity index is 1.67. The molecule has 0 aliphatic heterocycles. The van der Waals surface area contributed by atoms with Crippen LogP contribution in [0.5, 0.6) is 5.75 Å². The van der Waals surface area contributed by atoms with Gasteiger partial charge in [0.15, 0.2) is 5.13 Å². The maximum atomic E-state index is 5.98. The van der Waals surface area contributed by atoms with Gasteiger partial charge < -0.3 is 15.8 Å². The third-order valence-corrected chi connectivity index (χ3v) is 4.87. The number of ether oxygens (including phenoxy) is 1. The Labute approximate surface area is 160 Å². The van der Waals surface area contributed by atoms with Crippen LogP contribution in [0.15, 0.2) is 67.0 Å². The second-order valence-corrected chi connectivity index (χ2v) is 6.76. The van der Waals surface area contributed by atoms with Crippen LogP contribution < -0.4 is 15.8 Å². The van der Waals surface area contributed by atoms with Crippen LogP contribution in [0.2, 0.25) is 0 Å². The van der Waals surface area contributed by atoms with Crippen LogP contribution in [0.1, 0.15) is 0 Å². The van der Waals surface area contributed by atoms with Gasteiger partial charge in [0, 0.05) is 18.1 Å². The molecule has 0 aliphatic carbocycles. The van der Waals surface area contributed by atoms with Crippen molar-refractivity contribution in [2.24, 2.45) is 0 Å². The van der Waals surface area contributed by atoms with Crippen molar-refractivity contribution < 1.29 is 4.74 Å². The fourth-order valence-corrected chi connectivity index (χ4v) is 3.51. The lowest BCUT2D eigenvalue weighted by Gasteiger charge is -2.08. The summed E-state index contributed by atoms with van der Waals surface area (Å²) in [6.07, 6.45) is 3.51. The normalized spacial score (nSPS) is 10.6. The summed E-state index contributed by atoms with van der Waals surface area (Å²) in [4.78, 5) is 14.2. The predicted octanol–water partition coefficient (Wildman–Crippen LogP) is 4.60. The first-order valence-corrected chi connectivity index (χ1v) is 9.10. The molecule has 0 saturated carbocycles. The number of thiazole rings is 1. The number of nitrogens with one attached hydrogen (secondary N) is 1. The summed E-state index contributed by atoms with van der Waals surface area (Å²) in [6, 6.07) is 17.3. The Bertz CT molecular complexity index is 1050. The van der Waals surface area contributed by atoms with Crippen molar-refractivity contribution in [3.05, 3.63) is 67.0 Å². The molecular weight excluding hydrogens is 358 g/mol. The van der Waals surface area contributed by atoms with E-state index < -0.39 is 0 Å². The third kappa shape index (κ3) is 3.73. The lowest BCUT2D eigenvalue weighted by atomic mass is 10.1. The molecule has 4 rings (SSSR count). The van der Waals surface area contributed by atoms with Gasteiger partial charge in [-0.1, -0.05) is 17.4 Å². The highest BCUT2D eigenvalue weighted by Gasteiger charge is 2.15. The number of pyridine rings is 2. The fraction of sp³-hybridized carbons (Fsp3) is 0.0500. The summed E-state index contributed by atoms with van der Waals surface area (Å²) in [5, 5.41) is 3.81. The molecule has 1 aromatic carbocycles. The van der Waals surface area contributed by atoms with E-state index in [9.17, 15) is 0 Å². The highest BCUT2D eigenvalue weighted by molar-refractivity contribution is 7.19. The molecule has 0 atom stereocenters. The van der Waals surface area contributed by atoms with Gasteiger partial charge in [-0.15, -0.1) is 0 Å². The highest BCUT2D eigenvalue weighted by Crippen LogP contribution is 2.37. The molecular formula is C20H17N5OS. The largest absolute Gasteiger partial charge is 0.497 e. The first kappa shape index (κ1) is 17.0. The molecule has 0 fully saturated rings. The molecule has 4 aromatic rings. The predicted molar refractivity (Wildman–Crippen MR) is 109 cm³/mol. The molecule has 0 unspecified atom stereocenters. The van der Waals surface area contributed by atoms with Gasteiger partial charge in [-0.3, -0.25) is 4.98 Å². The van der Waals surface area contributed by atoms with E-state index in [1.165, 1.54) is 11.3 Å². The number of hydrogen-bond acceptors (Lipinski definition) is 7. The molecule has 0 aliphatic rings. The zero-order valence-electron chi connectivity index (χ0n) is 14.6. The molecule has 0 bridgehead atoms. The molecule has 7 heteroatoms. The van der Waals surface area contributed by atoms with Crippen LogP contribution in [-0.2, 0) is 0 Å². The average molecular weight is 375 g/mol. The summed E-state index contributed by atoms with van der Waals surface area (Å²) in [5.41, 5.74) is 9.46. The molecule has 6 nitrogen and oxygen atoms in total. The molecule has 0 spiro atoms. The lowest BCUT2D eigenvalue weighted by molar-refractivity contribution is 0.415. The third-order valence-electron chi connectivity index (χ3n) is 3.94.